The molecule has 1 spiro atoms. The van der Waals surface area contributed by atoms with Gasteiger partial charge in [0.25, 0.3) is 0 Å². The lowest BCUT2D eigenvalue weighted by atomic mass is 9.84. The molecule has 2 aliphatic rings. The van der Waals surface area contributed by atoms with Gasteiger partial charge < -0.3 is 20.6 Å². The van der Waals surface area contributed by atoms with Gasteiger partial charge in [-0.05, 0) is 31.9 Å². The first-order valence-electron chi connectivity index (χ1n) is 8.09. The first-order valence-corrected chi connectivity index (χ1v) is 8.09. The molecule has 2 heterocycles. The molecule has 23 heavy (non-hydrogen) atoms. The molecule has 3 rings (SSSR count). The SMILES string of the molecule is C[C@@H](O)C(C(=O)NCc1ccccc1)N1CC2(CCCN2)C1=O. The molecule has 0 saturated carbocycles. The number of nitrogens with one attached hydrogen (secondary N) is 2. The van der Waals surface area contributed by atoms with E-state index in [1.165, 1.54) is 4.90 Å². The van der Waals surface area contributed by atoms with Gasteiger partial charge >= 0.3 is 0 Å². The third-order valence-electron chi connectivity index (χ3n) is 4.73. The molecule has 124 valence electrons. The Morgan fingerprint density at radius 1 is 1.43 bits per heavy atom. The molecule has 2 aliphatic heterocycles. The number of hydrogen-bond donors (Lipinski definition) is 3. The van der Waals surface area contributed by atoms with Gasteiger partial charge in [0.1, 0.15) is 11.6 Å². The number of carbonyl (C=O) groups is 2. The Morgan fingerprint density at radius 3 is 2.74 bits per heavy atom. The van der Waals surface area contributed by atoms with E-state index in [1.807, 2.05) is 30.3 Å². The minimum Gasteiger partial charge on any atom is -0.391 e. The Labute approximate surface area is 135 Å². The van der Waals surface area contributed by atoms with Crippen molar-refractivity contribution < 1.29 is 14.7 Å². The Morgan fingerprint density at radius 2 is 2.17 bits per heavy atom. The van der Waals surface area contributed by atoms with E-state index in [4.69, 9.17) is 0 Å². The van der Waals surface area contributed by atoms with Crippen LogP contribution in [0.3, 0.4) is 0 Å². The highest BCUT2D eigenvalue weighted by atomic mass is 16.3. The number of aliphatic hydroxyl groups is 1. The van der Waals surface area contributed by atoms with E-state index < -0.39 is 17.7 Å². The van der Waals surface area contributed by atoms with Crippen molar-refractivity contribution in [2.24, 2.45) is 0 Å². The normalized spacial score (nSPS) is 26.0. The van der Waals surface area contributed by atoms with Gasteiger partial charge in [-0.1, -0.05) is 30.3 Å². The minimum absolute atomic E-state index is 0.0734. The van der Waals surface area contributed by atoms with Crippen molar-refractivity contribution in [1.82, 2.24) is 15.5 Å². The van der Waals surface area contributed by atoms with Gasteiger partial charge in [0.15, 0.2) is 0 Å². The van der Waals surface area contributed by atoms with E-state index in [1.54, 1.807) is 6.92 Å². The summed E-state index contributed by atoms with van der Waals surface area (Å²) in [5, 5.41) is 16.0. The smallest absolute Gasteiger partial charge is 0.245 e. The van der Waals surface area contributed by atoms with Crippen LogP contribution >= 0.6 is 0 Å². The van der Waals surface area contributed by atoms with Crippen molar-refractivity contribution >= 4 is 11.8 Å². The molecule has 6 heteroatoms. The van der Waals surface area contributed by atoms with E-state index in [9.17, 15) is 14.7 Å². The zero-order valence-electron chi connectivity index (χ0n) is 13.3. The second kappa shape index (κ2) is 6.29. The number of β-lactam (4-membered cyclic amide) rings is 1. The Hall–Kier alpha value is -1.92. The maximum Gasteiger partial charge on any atom is 0.245 e. The first-order chi connectivity index (χ1) is 11.0. The molecule has 0 bridgehead atoms. The van der Waals surface area contributed by atoms with E-state index in [2.05, 4.69) is 10.6 Å². The van der Waals surface area contributed by atoms with Crippen LogP contribution < -0.4 is 10.6 Å². The quantitative estimate of drug-likeness (QED) is 0.669. The van der Waals surface area contributed by atoms with Crippen LogP contribution in [-0.4, -0.2) is 52.6 Å². The van der Waals surface area contributed by atoms with Crippen LogP contribution in [-0.2, 0) is 16.1 Å². The van der Waals surface area contributed by atoms with Gasteiger partial charge in [0.2, 0.25) is 11.8 Å². The van der Waals surface area contributed by atoms with Crippen molar-refractivity contribution in [1.29, 1.82) is 0 Å². The summed E-state index contributed by atoms with van der Waals surface area (Å²) in [5.41, 5.74) is 0.487. The van der Waals surface area contributed by atoms with Crippen LogP contribution in [0, 0.1) is 0 Å². The molecule has 0 radical (unpaired) electrons. The Balaban J connectivity index is 1.63. The summed E-state index contributed by atoms with van der Waals surface area (Å²) in [6.45, 7) is 3.25. The molecule has 0 aliphatic carbocycles. The van der Waals surface area contributed by atoms with Gasteiger partial charge in [0.05, 0.1) is 6.10 Å². The molecule has 2 amide bonds. The standard InChI is InChI=1S/C17H23N3O3/c1-12(21)14(15(22)18-10-13-6-3-2-4-7-13)20-11-17(16(20)23)8-5-9-19-17/h2-4,6-7,12,14,19,21H,5,8-11H2,1H3,(H,18,22)/t12-,14?,17?/m1/s1. The second-order valence-electron chi connectivity index (χ2n) is 6.43. The molecular weight excluding hydrogens is 294 g/mol. The highest BCUT2D eigenvalue weighted by Crippen LogP contribution is 2.33. The number of hydrogen-bond acceptors (Lipinski definition) is 4. The highest BCUT2D eigenvalue weighted by Gasteiger charge is 2.57. The van der Waals surface area contributed by atoms with Gasteiger partial charge in [0, 0.05) is 13.1 Å². The predicted octanol–water partition coefficient (Wildman–Crippen LogP) is 0.0166. The van der Waals surface area contributed by atoms with Crippen molar-refractivity contribution in [3.8, 4) is 0 Å². The topological polar surface area (TPSA) is 81.7 Å². The lowest BCUT2D eigenvalue weighted by Crippen LogP contribution is -2.76. The Bertz CT molecular complexity index is 582. The first kappa shape index (κ1) is 16.0. The summed E-state index contributed by atoms with van der Waals surface area (Å²) in [6, 6.07) is 8.73. The lowest BCUT2D eigenvalue weighted by Gasteiger charge is -2.50. The molecule has 2 saturated heterocycles. The molecule has 1 aromatic carbocycles. The number of rotatable bonds is 5. The number of aliphatic hydroxyl groups excluding tert-OH is 1. The number of benzene rings is 1. The number of amides is 2. The number of likely N-dealkylation sites (tertiary alicyclic amines) is 1. The maximum absolute atomic E-state index is 12.5. The van der Waals surface area contributed by atoms with Crippen LogP contribution in [0.15, 0.2) is 30.3 Å². The third-order valence-corrected chi connectivity index (χ3v) is 4.73. The van der Waals surface area contributed by atoms with Crippen LogP contribution in [0.5, 0.6) is 0 Å². The predicted molar refractivity (Wildman–Crippen MR) is 85.4 cm³/mol. The zero-order chi connectivity index (χ0) is 16.4. The zero-order valence-corrected chi connectivity index (χ0v) is 13.3. The molecule has 0 aromatic heterocycles. The molecule has 2 fully saturated rings. The largest absolute Gasteiger partial charge is 0.391 e. The van der Waals surface area contributed by atoms with Gasteiger partial charge in [-0.25, -0.2) is 0 Å². The number of nitrogens with zero attached hydrogens (tertiary/aromatic N) is 1. The molecular formula is C17H23N3O3. The fourth-order valence-electron chi connectivity index (χ4n) is 3.47. The molecule has 3 atom stereocenters. The van der Waals surface area contributed by atoms with Crippen molar-refractivity contribution in [2.75, 3.05) is 13.1 Å². The lowest BCUT2D eigenvalue weighted by molar-refractivity contribution is -0.164. The highest BCUT2D eigenvalue weighted by molar-refractivity contribution is 5.97. The minimum atomic E-state index is -0.909. The summed E-state index contributed by atoms with van der Waals surface area (Å²) in [4.78, 5) is 26.4. The third kappa shape index (κ3) is 2.96. The molecule has 3 N–H and O–H groups in total. The Kier molecular flexibility index (Phi) is 4.37. The fourth-order valence-corrected chi connectivity index (χ4v) is 3.47. The van der Waals surface area contributed by atoms with Crippen molar-refractivity contribution in [3.05, 3.63) is 35.9 Å². The van der Waals surface area contributed by atoms with E-state index in [-0.39, 0.29) is 11.8 Å². The average molecular weight is 317 g/mol. The van der Waals surface area contributed by atoms with Crippen LogP contribution in [0.4, 0.5) is 0 Å². The van der Waals surface area contributed by atoms with Crippen LogP contribution in [0.25, 0.3) is 0 Å². The monoisotopic (exact) mass is 317 g/mol. The summed E-state index contributed by atoms with van der Waals surface area (Å²) in [7, 11) is 0. The van der Waals surface area contributed by atoms with Crippen molar-refractivity contribution in [3.63, 3.8) is 0 Å². The van der Waals surface area contributed by atoms with E-state index in [0.29, 0.717) is 13.1 Å². The van der Waals surface area contributed by atoms with Crippen LogP contribution in [0.1, 0.15) is 25.3 Å². The van der Waals surface area contributed by atoms with E-state index >= 15 is 0 Å². The van der Waals surface area contributed by atoms with Crippen molar-refractivity contribution in [2.45, 2.75) is 44.0 Å². The average Bonchev–Trinajstić information content (AvgIpc) is 3.04. The second-order valence-corrected chi connectivity index (χ2v) is 6.43. The van der Waals surface area contributed by atoms with Gasteiger partial charge in [-0.15, -0.1) is 0 Å². The fraction of sp³-hybridized carbons (Fsp3) is 0.529. The molecule has 2 unspecified atom stereocenters. The van der Waals surface area contributed by atoms with E-state index in [0.717, 1.165) is 24.9 Å². The summed E-state index contributed by atoms with van der Waals surface area (Å²) >= 11 is 0. The summed E-state index contributed by atoms with van der Waals surface area (Å²) in [5.74, 6) is -0.388. The summed E-state index contributed by atoms with van der Waals surface area (Å²) < 4.78 is 0. The maximum atomic E-state index is 12.5. The van der Waals surface area contributed by atoms with Gasteiger partial charge in [-0.3, -0.25) is 9.59 Å². The van der Waals surface area contributed by atoms with Gasteiger partial charge in [-0.2, -0.15) is 0 Å². The molecule has 1 aromatic rings. The summed E-state index contributed by atoms with van der Waals surface area (Å²) in [6.07, 6.45) is 0.869. The van der Waals surface area contributed by atoms with Crippen LogP contribution in [0.2, 0.25) is 0 Å². The number of carbonyl (C=O) groups excluding carboxylic acids is 2. The molecule has 6 nitrogen and oxygen atoms in total.